The van der Waals surface area contributed by atoms with Crippen LogP contribution in [0.3, 0.4) is 0 Å². The fourth-order valence-corrected chi connectivity index (χ4v) is 7.92. The first kappa shape index (κ1) is 27.3. The van der Waals surface area contributed by atoms with Crippen LogP contribution in [0.25, 0.3) is 0 Å². The van der Waals surface area contributed by atoms with Crippen molar-refractivity contribution in [1.82, 2.24) is 15.2 Å². The summed E-state index contributed by atoms with van der Waals surface area (Å²) in [4.78, 5) is 24.7. The Hall–Kier alpha value is -4.23. The molecule has 0 radical (unpaired) electrons. The number of nitrogens with zero attached hydrogens (tertiary/aromatic N) is 3. The molecular formula is C37H41N5O2. The molecule has 1 spiro atoms. The van der Waals surface area contributed by atoms with Crippen molar-refractivity contribution < 1.29 is 9.53 Å². The van der Waals surface area contributed by atoms with Gasteiger partial charge in [-0.15, -0.1) is 0 Å². The number of anilines is 2. The number of aromatic nitrogens is 1. The van der Waals surface area contributed by atoms with E-state index in [2.05, 4.69) is 79.6 Å². The van der Waals surface area contributed by atoms with Crippen LogP contribution in [0.4, 0.5) is 11.4 Å². The molecule has 5 heterocycles. The quantitative estimate of drug-likeness (QED) is 0.238. The number of aromatic amines is 1. The molecule has 0 saturated carbocycles. The summed E-state index contributed by atoms with van der Waals surface area (Å²) in [7, 11) is 0. The third-order valence-electron chi connectivity index (χ3n) is 10.1. The first-order valence-electron chi connectivity index (χ1n) is 16.4. The standard InChI is InChI=1S/C37H41N5O2/c43-36-30-11-3-4-12-31(30)37(42(36)23-18-38-26-27-10-9-17-39-27)32-15-13-28(40-19-5-1-6-20-40)24-34(32)44-35-25-29(14-16-33(35)37)41-21-7-2-8-22-41/h3-4,9-17,24-25,38-39H,1-2,5-8,18-23,26H2. The Morgan fingerprint density at radius 1 is 0.727 bits per heavy atom. The largest absolute Gasteiger partial charge is 0.456 e. The minimum atomic E-state index is -0.772. The van der Waals surface area contributed by atoms with E-state index in [4.69, 9.17) is 4.74 Å². The lowest BCUT2D eigenvalue weighted by Gasteiger charge is -2.45. The van der Waals surface area contributed by atoms with E-state index in [1.165, 1.54) is 49.9 Å². The number of hydrogen-bond acceptors (Lipinski definition) is 5. The molecule has 44 heavy (non-hydrogen) atoms. The van der Waals surface area contributed by atoms with Gasteiger partial charge in [0.25, 0.3) is 5.91 Å². The fourth-order valence-electron chi connectivity index (χ4n) is 7.92. The maximum Gasteiger partial charge on any atom is 0.255 e. The fraction of sp³-hybridized carbons (Fsp3) is 0.378. The average molecular weight is 588 g/mol. The highest BCUT2D eigenvalue weighted by molar-refractivity contribution is 6.02. The topological polar surface area (TPSA) is 63.8 Å². The van der Waals surface area contributed by atoms with Crippen molar-refractivity contribution in [3.63, 3.8) is 0 Å². The van der Waals surface area contributed by atoms with Crippen LogP contribution in [-0.4, -0.2) is 55.1 Å². The number of nitrogens with one attached hydrogen (secondary N) is 2. The molecule has 2 fully saturated rings. The zero-order chi connectivity index (χ0) is 29.5. The van der Waals surface area contributed by atoms with Crippen LogP contribution >= 0.6 is 0 Å². The molecule has 226 valence electrons. The van der Waals surface area contributed by atoms with Gasteiger partial charge in [-0.05, 0) is 74.4 Å². The van der Waals surface area contributed by atoms with Crippen LogP contribution in [0.5, 0.6) is 11.5 Å². The van der Waals surface area contributed by atoms with Crippen molar-refractivity contribution in [3.05, 3.63) is 107 Å². The summed E-state index contributed by atoms with van der Waals surface area (Å²) >= 11 is 0. The highest BCUT2D eigenvalue weighted by Crippen LogP contribution is 2.58. The number of benzene rings is 3. The van der Waals surface area contributed by atoms with Crippen molar-refractivity contribution in [3.8, 4) is 11.5 Å². The molecule has 0 atom stereocenters. The van der Waals surface area contributed by atoms with Crippen LogP contribution in [0, 0.1) is 0 Å². The van der Waals surface area contributed by atoms with Gasteiger partial charge < -0.3 is 29.7 Å². The zero-order valence-corrected chi connectivity index (χ0v) is 25.4. The number of amides is 1. The molecule has 0 bridgehead atoms. The molecule has 3 aromatic carbocycles. The maximum atomic E-state index is 14.4. The minimum Gasteiger partial charge on any atom is -0.456 e. The van der Waals surface area contributed by atoms with Crippen molar-refractivity contribution >= 4 is 17.3 Å². The van der Waals surface area contributed by atoms with E-state index in [0.717, 1.165) is 72.2 Å². The Morgan fingerprint density at radius 3 is 1.98 bits per heavy atom. The van der Waals surface area contributed by atoms with Crippen LogP contribution in [-0.2, 0) is 12.1 Å². The summed E-state index contributed by atoms with van der Waals surface area (Å²) in [5.74, 6) is 1.77. The molecule has 4 aliphatic heterocycles. The lowest BCUT2D eigenvalue weighted by Crippen LogP contribution is -2.49. The van der Waals surface area contributed by atoms with Gasteiger partial charge in [0.1, 0.15) is 17.0 Å². The predicted molar refractivity (Wildman–Crippen MR) is 175 cm³/mol. The summed E-state index contributed by atoms with van der Waals surface area (Å²) in [6.45, 7) is 6.24. The molecule has 1 amide bonds. The lowest BCUT2D eigenvalue weighted by molar-refractivity contribution is 0.0667. The number of carbonyl (C=O) groups is 1. The molecule has 4 aliphatic rings. The van der Waals surface area contributed by atoms with E-state index in [0.29, 0.717) is 13.1 Å². The molecule has 4 aromatic rings. The Labute approximate surface area is 259 Å². The average Bonchev–Trinajstić information content (AvgIpc) is 3.69. The number of ether oxygens (including phenoxy) is 1. The van der Waals surface area contributed by atoms with Crippen LogP contribution < -0.4 is 19.9 Å². The molecular weight excluding hydrogens is 546 g/mol. The van der Waals surface area contributed by atoms with Gasteiger partial charge in [-0.1, -0.05) is 30.3 Å². The second kappa shape index (κ2) is 11.4. The summed E-state index contributed by atoms with van der Waals surface area (Å²) in [6, 6.07) is 25.7. The number of rotatable bonds is 7. The molecule has 8 rings (SSSR count). The third kappa shape index (κ3) is 4.48. The summed E-state index contributed by atoms with van der Waals surface area (Å²) < 4.78 is 6.89. The van der Waals surface area contributed by atoms with E-state index in [9.17, 15) is 4.79 Å². The smallest absolute Gasteiger partial charge is 0.255 e. The van der Waals surface area contributed by atoms with Gasteiger partial charge >= 0.3 is 0 Å². The number of hydrogen-bond donors (Lipinski definition) is 2. The van der Waals surface area contributed by atoms with E-state index in [1.807, 2.05) is 24.4 Å². The number of fused-ring (bicyclic) bond motifs is 6. The molecule has 2 saturated heterocycles. The minimum absolute atomic E-state index is 0.0706. The Balaban J connectivity index is 1.26. The van der Waals surface area contributed by atoms with Gasteiger partial charge in [-0.2, -0.15) is 0 Å². The first-order valence-corrected chi connectivity index (χ1v) is 16.4. The van der Waals surface area contributed by atoms with Crippen LogP contribution in [0.1, 0.15) is 71.3 Å². The Kier molecular flexibility index (Phi) is 7.06. The van der Waals surface area contributed by atoms with Gasteiger partial charge in [-0.3, -0.25) is 4.79 Å². The zero-order valence-electron chi connectivity index (χ0n) is 25.4. The second-order valence-electron chi connectivity index (χ2n) is 12.6. The van der Waals surface area contributed by atoms with E-state index in [-0.39, 0.29) is 5.91 Å². The lowest BCUT2D eigenvalue weighted by atomic mass is 9.74. The van der Waals surface area contributed by atoms with Gasteiger partial charge in [0, 0.05) is 97.9 Å². The van der Waals surface area contributed by atoms with E-state index < -0.39 is 5.54 Å². The van der Waals surface area contributed by atoms with E-state index >= 15 is 0 Å². The SMILES string of the molecule is O=C1c2ccccc2C2(c3ccc(N4CCCCC4)cc3Oc3cc(N4CCCCC4)ccc32)N1CCNCc1ccc[nH]1. The number of piperidine rings is 2. The third-order valence-corrected chi connectivity index (χ3v) is 10.1. The summed E-state index contributed by atoms with van der Waals surface area (Å²) in [5, 5.41) is 3.57. The van der Waals surface area contributed by atoms with Gasteiger partial charge in [0.05, 0.1) is 0 Å². The van der Waals surface area contributed by atoms with Gasteiger partial charge in [0.15, 0.2) is 0 Å². The number of H-pyrrole nitrogens is 1. The first-order chi connectivity index (χ1) is 21.7. The van der Waals surface area contributed by atoms with Crippen molar-refractivity contribution in [2.24, 2.45) is 0 Å². The monoisotopic (exact) mass is 587 g/mol. The van der Waals surface area contributed by atoms with Crippen molar-refractivity contribution in [1.29, 1.82) is 0 Å². The number of carbonyl (C=O) groups excluding carboxylic acids is 1. The van der Waals surface area contributed by atoms with Gasteiger partial charge in [0.2, 0.25) is 0 Å². The maximum absolute atomic E-state index is 14.4. The van der Waals surface area contributed by atoms with Gasteiger partial charge in [-0.25, -0.2) is 0 Å². The van der Waals surface area contributed by atoms with Crippen molar-refractivity contribution in [2.45, 2.75) is 50.6 Å². The Morgan fingerprint density at radius 2 is 1.36 bits per heavy atom. The van der Waals surface area contributed by atoms with Crippen LogP contribution in [0.2, 0.25) is 0 Å². The second-order valence-corrected chi connectivity index (χ2v) is 12.6. The molecule has 0 unspecified atom stereocenters. The molecule has 0 aliphatic carbocycles. The normalized spacial score (nSPS) is 18.6. The molecule has 7 nitrogen and oxygen atoms in total. The molecule has 1 aromatic heterocycles. The molecule has 7 heteroatoms. The van der Waals surface area contributed by atoms with Crippen LogP contribution in [0.15, 0.2) is 79.0 Å². The molecule has 2 N–H and O–H groups in total. The highest BCUT2D eigenvalue weighted by atomic mass is 16.5. The van der Waals surface area contributed by atoms with Crippen molar-refractivity contribution in [2.75, 3.05) is 49.1 Å². The summed E-state index contributed by atoms with van der Waals surface area (Å²) in [6.07, 6.45) is 9.39. The highest BCUT2D eigenvalue weighted by Gasteiger charge is 2.56. The van der Waals surface area contributed by atoms with E-state index in [1.54, 1.807) is 0 Å². The summed E-state index contributed by atoms with van der Waals surface area (Å²) in [5.41, 5.74) is 6.65. The predicted octanol–water partition coefficient (Wildman–Crippen LogP) is 6.64. The Bertz CT molecular complexity index is 1580.